The largest absolute Gasteiger partial charge is 0.870 e. The molecule has 3 heterocycles. The van der Waals surface area contributed by atoms with Gasteiger partial charge in [-0.25, -0.2) is 9.36 Å². The van der Waals surface area contributed by atoms with Crippen molar-refractivity contribution >= 4 is 45.6 Å². The molecule has 37 heavy (non-hydrogen) atoms. The highest BCUT2D eigenvalue weighted by Crippen LogP contribution is 2.40. The second-order valence-electron chi connectivity index (χ2n) is 8.08. The number of nitrogens with one attached hydrogen (secondary N) is 1. The highest BCUT2D eigenvalue weighted by Gasteiger charge is 2.55. The minimum atomic E-state index is -4.85. The molecular formula is C22H22N4O9S2. The molecule has 15 heteroatoms. The van der Waals surface area contributed by atoms with Crippen molar-refractivity contribution < 1.29 is 47.3 Å². The summed E-state index contributed by atoms with van der Waals surface area (Å²) in [6.07, 6.45) is 3.12. The molecule has 1 saturated heterocycles. The van der Waals surface area contributed by atoms with Gasteiger partial charge >= 0.3 is 5.97 Å². The van der Waals surface area contributed by atoms with E-state index in [0.29, 0.717) is 5.57 Å². The molecule has 196 valence electrons. The molecule has 0 saturated carbocycles. The summed E-state index contributed by atoms with van der Waals surface area (Å²) in [5.74, 6) is -3.53. The number of carbonyl (C=O) groups is 4. The first-order chi connectivity index (χ1) is 17.0. The number of carboxylic acid groups (broad SMARTS) is 1. The zero-order chi connectivity index (χ0) is 26.2. The molecule has 2 aliphatic rings. The van der Waals surface area contributed by atoms with Crippen molar-refractivity contribution in [2.75, 3.05) is 5.75 Å². The summed E-state index contributed by atoms with van der Waals surface area (Å²) in [7, 11) is -4.85. The lowest BCUT2D eigenvalue weighted by molar-refractivity contribution is -0.689. The van der Waals surface area contributed by atoms with Crippen LogP contribution < -0.4 is 15.6 Å². The van der Waals surface area contributed by atoms with Gasteiger partial charge < -0.3 is 21.6 Å². The number of β-lactam (4-membered cyclic amide) rings is 1. The third-order valence-corrected chi connectivity index (χ3v) is 8.16. The smallest absolute Gasteiger partial charge is 0.352 e. The van der Waals surface area contributed by atoms with Crippen molar-refractivity contribution in [1.29, 1.82) is 0 Å². The molecule has 1 aromatic carbocycles. The molecule has 3 unspecified atom stereocenters. The summed E-state index contributed by atoms with van der Waals surface area (Å²) in [6.45, 7) is 0.125. The number of pyridine rings is 1. The van der Waals surface area contributed by atoms with Crippen LogP contribution in [0.1, 0.15) is 21.2 Å². The zero-order valence-corrected chi connectivity index (χ0v) is 20.6. The first kappa shape index (κ1) is 27.8. The lowest BCUT2D eigenvalue weighted by atomic mass is 10.0. The summed E-state index contributed by atoms with van der Waals surface area (Å²) in [6, 6.07) is 9.12. The Morgan fingerprint density at radius 2 is 1.78 bits per heavy atom. The lowest BCUT2D eigenvalue weighted by Gasteiger charge is -2.49. The van der Waals surface area contributed by atoms with E-state index in [9.17, 15) is 37.3 Å². The number of carbonyl (C=O) groups excluding carboxylic acids is 3. The van der Waals surface area contributed by atoms with Crippen LogP contribution in [0.25, 0.3) is 0 Å². The minimum absolute atomic E-state index is 0. The lowest BCUT2D eigenvalue weighted by Crippen LogP contribution is -2.71. The van der Waals surface area contributed by atoms with E-state index in [1.165, 1.54) is 48.2 Å². The summed E-state index contributed by atoms with van der Waals surface area (Å²) < 4.78 is 35.1. The SMILES string of the molecule is NC(=O)c1cc[n+](CC2=C(C(=O)O)N3C(=O)C(NC(=O)C(c4ccccc4)S(=O)(=O)O)C3SC2)cc1.[OH-]. The summed E-state index contributed by atoms with van der Waals surface area (Å²) in [4.78, 5) is 50.1. The fourth-order valence-electron chi connectivity index (χ4n) is 4.07. The van der Waals surface area contributed by atoms with Gasteiger partial charge in [-0.3, -0.25) is 23.8 Å². The number of primary amides is 1. The van der Waals surface area contributed by atoms with Gasteiger partial charge in [0.25, 0.3) is 16.0 Å². The van der Waals surface area contributed by atoms with Crippen LogP contribution in [0.5, 0.6) is 0 Å². The van der Waals surface area contributed by atoms with Crippen molar-refractivity contribution in [3.63, 3.8) is 0 Å². The van der Waals surface area contributed by atoms with Gasteiger partial charge in [0.15, 0.2) is 24.2 Å². The van der Waals surface area contributed by atoms with E-state index >= 15 is 0 Å². The number of nitrogens with zero attached hydrogens (tertiary/aromatic N) is 2. The molecule has 0 bridgehead atoms. The van der Waals surface area contributed by atoms with Crippen LogP contribution in [0.15, 0.2) is 66.1 Å². The number of benzene rings is 1. The number of carboxylic acids is 1. The summed E-state index contributed by atoms with van der Waals surface area (Å²) >= 11 is 1.21. The Bertz CT molecular complexity index is 1380. The van der Waals surface area contributed by atoms with Gasteiger partial charge in [0.1, 0.15) is 17.1 Å². The first-order valence-corrected chi connectivity index (χ1v) is 13.0. The molecule has 3 atom stereocenters. The van der Waals surface area contributed by atoms with Crippen LogP contribution in [0.2, 0.25) is 0 Å². The normalized spacial score (nSPS) is 19.7. The minimum Gasteiger partial charge on any atom is -0.870 e. The van der Waals surface area contributed by atoms with Gasteiger partial charge in [0, 0.05) is 23.5 Å². The number of fused-ring (bicyclic) bond motifs is 1. The molecule has 0 spiro atoms. The Labute approximate surface area is 215 Å². The van der Waals surface area contributed by atoms with E-state index in [-0.39, 0.29) is 34.6 Å². The number of amides is 3. The predicted octanol–water partition coefficient (Wildman–Crippen LogP) is -0.736. The quantitative estimate of drug-likeness (QED) is 0.183. The van der Waals surface area contributed by atoms with Gasteiger partial charge in [-0.2, -0.15) is 8.42 Å². The van der Waals surface area contributed by atoms with E-state index in [1.54, 1.807) is 23.0 Å². The van der Waals surface area contributed by atoms with Crippen LogP contribution in [0.3, 0.4) is 0 Å². The predicted molar refractivity (Wildman–Crippen MR) is 128 cm³/mol. The number of rotatable bonds is 8. The zero-order valence-electron chi connectivity index (χ0n) is 18.9. The van der Waals surface area contributed by atoms with Crippen molar-refractivity contribution in [3.8, 4) is 0 Å². The third-order valence-electron chi connectivity index (χ3n) is 5.73. The molecule has 6 N–H and O–H groups in total. The van der Waals surface area contributed by atoms with Gasteiger partial charge in [-0.1, -0.05) is 30.3 Å². The van der Waals surface area contributed by atoms with Crippen LogP contribution >= 0.6 is 11.8 Å². The van der Waals surface area contributed by atoms with Crippen molar-refractivity contribution in [2.45, 2.75) is 23.2 Å². The number of nitrogens with two attached hydrogens (primary N) is 1. The van der Waals surface area contributed by atoms with Gasteiger partial charge in [0.05, 0.1) is 5.56 Å². The number of aliphatic carboxylic acids is 1. The number of hydrogen-bond donors (Lipinski definition) is 4. The average molecular weight is 551 g/mol. The number of aromatic nitrogens is 1. The van der Waals surface area contributed by atoms with Crippen molar-refractivity contribution in [2.24, 2.45) is 5.73 Å². The fourth-order valence-corrected chi connectivity index (χ4v) is 6.24. The van der Waals surface area contributed by atoms with Gasteiger partial charge in [-0.15, -0.1) is 11.8 Å². The van der Waals surface area contributed by atoms with Crippen molar-refractivity contribution in [1.82, 2.24) is 10.2 Å². The maximum Gasteiger partial charge on any atom is 0.352 e. The Morgan fingerprint density at radius 3 is 2.32 bits per heavy atom. The van der Waals surface area contributed by atoms with E-state index in [0.717, 1.165) is 4.90 Å². The van der Waals surface area contributed by atoms with E-state index in [1.807, 2.05) is 0 Å². The standard InChI is InChI=1S/C22H20N4O8S2.H2O/c23-18(27)13-6-8-25(9-7-13)10-14-11-35-21-15(20(29)26(21)16(14)22(30)31)24-19(28)17(36(32,33)34)12-4-2-1-3-5-12;/h1-9,15,17,21H,10-11H2,(H4-,23,24,27,28,30,31,32,33,34);1H2. The Balaban J connectivity index is 0.00000380. The number of hydrogen-bond acceptors (Lipinski definition) is 8. The summed E-state index contributed by atoms with van der Waals surface area (Å²) in [5, 5.41) is 9.47. The molecule has 1 aromatic heterocycles. The monoisotopic (exact) mass is 550 g/mol. The first-order valence-electron chi connectivity index (χ1n) is 10.5. The average Bonchev–Trinajstić information content (AvgIpc) is 2.82. The third kappa shape index (κ3) is 5.48. The molecule has 1 fully saturated rings. The second kappa shape index (κ2) is 10.7. The molecular weight excluding hydrogens is 528 g/mol. The molecule has 3 amide bonds. The molecule has 2 aliphatic heterocycles. The molecule has 13 nitrogen and oxygen atoms in total. The number of thioether (sulfide) groups is 1. The molecule has 4 rings (SSSR count). The second-order valence-corrected chi connectivity index (χ2v) is 10.7. The van der Waals surface area contributed by atoms with Gasteiger partial charge in [0.2, 0.25) is 11.8 Å². The van der Waals surface area contributed by atoms with Crippen LogP contribution in [0, 0.1) is 0 Å². The molecule has 0 aliphatic carbocycles. The van der Waals surface area contributed by atoms with E-state index in [2.05, 4.69) is 5.32 Å². The summed E-state index contributed by atoms with van der Waals surface area (Å²) in [5.41, 5.74) is 5.73. The molecule has 2 aromatic rings. The Morgan fingerprint density at radius 1 is 1.16 bits per heavy atom. The van der Waals surface area contributed by atoms with Crippen LogP contribution in [0.4, 0.5) is 0 Å². The highest BCUT2D eigenvalue weighted by atomic mass is 32.2. The van der Waals surface area contributed by atoms with E-state index < -0.39 is 50.5 Å². The fraction of sp³-hybridized carbons (Fsp3) is 0.227. The topological polar surface area (TPSA) is 218 Å². The Kier molecular flexibility index (Phi) is 8.02. The van der Waals surface area contributed by atoms with Crippen LogP contribution in [-0.2, 0) is 31.0 Å². The van der Waals surface area contributed by atoms with Crippen molar-refractivity contribution in [3.05, 3.63) is 77.3 Å². The van der Waals surface area contributed by atoms with E-state index in [4.69, 9.17) is 5.73 Å². The maximum atomic E-state index is 12.9. The maximum absolute atomic E-state index is 12.9. The highest BCUT2D eigenvalue weighted by molar-refractivity contribution is 8.00. The molecule has 0 radical (unpaired) electrons. The Hall–Kier alpha value is -3.79. The van der Waals surface area contributed by atoms with Gasteiger partial charge in [-0.05, 0) is 5.56 Å². The van der Waals surface area contributed by atoms with Crippen LogP contribution in [-0.4, -0.2) is 69.3 Å².